The number of piperazine rings is 1. The van der Waals surface area contributed by atoms with Crippen molar-refractivity contribution in [2.75, 3.05) is 39.3 Å². The molecule has 2 aliphatic heterocycles. The van der Waals surface area contributed by atoms with Crippen molar-refractivity contribution < 1.29 is 9.59 Å². The number of imide groups is 1. The number of aryl methyl sites for hydroxylation is 1. The van der Waals surface area contributed by atoms with Crippen LogP contribution in [-0.4, -0.2) is 65.8 Å². The molecular formula is C27H41N3O2. The molecular weight excluding hydrogens is 398 g/mol. The van der Waals surface area contributed by atoms with Crippen molar-refractivity contribution in [2.24, 2.45) is 0 Å². The molecule has 2 amide bonds. The first-order valence-corrected chi connectivity index (χ1v) is 12.7. The lowest BCUT2D eigenvalue weighted by atomic mass is 10.0. The van der Waals surface area contributed by atoms with Gasteiger partial charge in [-0.2, -0.15) is 0 Å². The Hall–Kier alpha value is -2.14. The summed E-state index contributed by atoms with van der Waals surface area (Å²) in [5, 5.41) is 0. The molecule has 5 nitrogen and oxygen atoms in total. The van der Waals surface area contributed by atoms with E-state index in [-0.39, 0.29) is 11.8 Å². The summed E-state index contributed by atoms with van der Waals surface area (Å²) in [6.07, 6.45) is 9.61. The van der Waals surface area contributed by atoms with Crippen LogP contribution in [0.25, 0.3) is 5.57 Å². The van der Waals surface area contributed by atoms with Gasteiger partial charge < -0.3 is 9.80 Å². The van der Waals surface area contributed by atoms with Crippen molar-refractivity contribution in [3.8, 4) is 0 Å². The summed E-state index contributed by atoms with van der Waals surface area (Å²) in [6, 6.07) is 8.01. The number of carbonyl (C=O) groups excluding carboxylic acids is 2. The molecule has 32 heavy (non-hydrogen) atoms. The Morgan fingerprint density at radius 1 is 0.750 bits per heavy atom. The van der Waals surface area contributed by atoms with Crippen LogP contribution in [0.3, 0.4) is 0 Å². The van der Waals surface area contributed by atoms with Crippen LogP contribution in [0, 0.1) is 6.92 Å². The topological polar surface area (TPSA) is 43.9 Å². The first kappa shape index (κ1) is 24.5. The highest BCUT2D eigenvalue weighted by Crippen LogP contribution is 2.32. The van der Waals surface area contributed by atoms with Crippen molar-refractivity contribution in [3.63, 3.8) is 0 Å². The number of nitrogens with zero attached hydrogens (tertiary/aromatic N) is 3. The largest absolute Gasteiger partial charge is 0.364 e. The lowest BCUT2D eigenvalue weighted by molar-refractivity contribution is -0.137. The molecule has 0 saturated carbocycles. The van der Waals surface area contributed by atoms with Gasteiger partial charge in [0.15, 0.2) is 0 Å². The Kier molecular flexibility index (Phi) is 9.34. The number of rotatable bonds is 12. The molecule has 0 spiro atoms. The molecule has 0 aliphatic carbocycles. The maximum absolute atomic E-state index is 13.4. The average Bonchev–Trinajstić information content (AvgIpc) is 3.06. The summed E-state index contributed by atoms with van der Waals surface area (Å²) >= 11 is 0. The van der Waals surface area contributed by atoms with E-state index >= 15 is 0 Å². The van der Waals surface area contributed by atoms with Crippen LogP contribution in [0.4, 0.5) is 0 Å². The second-order valence-electron chi connectivity index (χ2n) is 9.25. The van der Waals surface area contributed by atoms with E-state index in [1.165, 1.54) is 43.4 Å². The fraction of sp³-hybridized carbons (Fsp3) is 0.630. The lowest BCUT2D eigenvalue weighted by Crippen LogP contribution is -2.47. The van der Waals surface area contributed by atoms with Gasteiger partial charge in [-0.3, -0.25) is 14.5 Å². The van der Waals surface area contributed by atoms with Crippen molar-refractivity contribution in [3.05, 3.63) is 41.1 Å². The summed E-state index contributed by atoms with van der Waals surface area (Å²) in [5.41, 5.74) is 3.23. The van der Waals surface area contributed by atoms with Crippen molar-refractivity contribution in [1.29, 1.82) is 0 Å². The van der Waals surface area contributed by atoms with E-state index in [1.54, 1.807) is 0 Å². The van der Waals surface area contributed by atoms with Gasteiger partial charge in [0.1, 0.15) is 5.70 Å². The molecule has 2 aliphatic rings. The van der Waals surface area contributed by atoms with Crippen LogP contribution >= 0.6 is 0 Å². The van der Waals surface area contributed by atoms with Gasteiger partial charge in [0.2, 0.25) is 0 Å². The number of amides is 2. The normalized spacial score (nSPS) is 17.7. The Morgan fingerprint density at radius 3 is 1.94 bits per heavy atom. The average molecular weight is 440 g/mol. The highest BCUT2D eigenvalue weighted by molar-refractivity contribution is 6.35. The van der Waals surface area contributed by atoms with Gasteiger partial charge in [-0.25, -0.2) is 0 Å². The third kappa shape index (κ3) is 6.00. The molecule has 1 aromatic rings. The SMILES string of the molecule is CCCCCCCCCCN1C(=O)C(c2ccc(C)cc2)=C(N2CCN(CC)CC2)C1=O. The minimum Gasteiger partial charge on any atom is -0.364 e. The molecule has 0 unspecified atom stereocenters. The lowest BCUT2D eigenvalue weighted by Gasteiger charge is -2.36. The molecule has 0 atom stereocenters. The van der Waals surface area contributed by atoms with Crippen LogP contribution in [0.2, 0.25) is 0 Å². The summed E-state index contributed by atoms with van der Waals surface area (Å²) in [6.45, 7) is 11.5. The van der Waals surface area contributed by atoms with Crippen molar-refractivity contribution in [1.82, 2.24) is 14.7 Å². The molecule has 0 bridgehead atoms. The molecule has 176 valence electrons. The second kappa shape index (κ2) is 12.2. The molecule has 5 heteroatoms. The number of hydrogen-bond acceptors (Lipinski definition) is 4. The van der Waals surface area contributed by atoms with Gasteiger partial charge >= 0.3 is 0 Å². The number of carbonyl (C=O) groups is 2. The van der Waals surface area contributed by atoms with Crippen LogP contribution < -0.4 is 0 Å². The van der Waals surface area contributed by atoms with E-state index < -0.39 is 0 Å². The predicted octanol–water partition coefficient (Wildman–Crippen LogP) is 4.85. The van der Waals surface area contributed by atoms with Crippen LogP contribution in [0.1, 0.15) is 76.3 Å². The summed E-state index contributed by atoms with van der Waals surface area (Å²) < 4.78 is 0. The number of hydrogen-bond donors (Lipinski definition) is 0. The summed E-state index contributed by atoms with van der Waals surface area (Å²) in [5.74, 6) is -0.215. The maximum Gasteiger partial charge on any atom is 0.277 e. The van der Waals surface area contributed by atoms with E-state index in [4.69, 9.17) is 0 Å². The first-order valence-electron chi connectivity index (χ1n) is 12.7. The minimum atomic E-state index is -0.116. The van der Waals surface area contributed by atoms with Gasteiger partial charge in [-0.05, 0) is 25.5 Å². The number of unbranched alkanes of at least 4 members (excludes halogenated alkanes) is 7. The highest BCUT2D eigenvalue weighted by Gasteiger charge is 2.41. The van der Waals surface area contributed by atoms with Crippen molar-refractivity contribution >= 4 is 17.4 Å². The number of likely N-dealkylation sites (N-methyl/N-ethyl adjacent to an activating group) is 1. The minimum absolute atomic E-state index is 0.0986. The Bertz CT molecular complexity index is 792. The maximum atomic E-state index is 13.4. The number of benzene rings is 1. The zero-order chi connectivity index (χ0) is 22.9. The standard InChI is InChI=1S/C27H41N3O2/c1-4-6-7-8-9-10-11-12-17-30-26(31)24(23-15-13-22(3)14-16-23)25(27(30)32)29-20-18-28(5-2)19-21-29/h13-16H,4-12,17-21H2,1-3H3. The second-order valence-corrected chi connectivity index (χ2v) is 9.25. The van der Waals surface area contributed by atoms with Crippen LogP contribution in [0.15, 0.2) is 30.0 Å². The molecule has 1 saturated heterocycles. The Morgan fingerprint density at radius 2 is 1.34 bits per heavy atom. The van der Waals surface area contributed by atoms with E-state index in [2.05, 4.69) is 23.6 Å². The smallest absolute Gasteiger partial charge is 0.277 e. The molecule has 0 radical (unpaired) electrons. The van der Waals surface area contributed by atoms with Crippen LogP contribution in [0.5, 0.6) is 0 Å². The summed E-state index contributed by atoms with van der Waals surface area (Å²) in [4.78, 5) is 32.9. The molecule has 1 aromatic carbocycles. The fourth-order valence-electron chi connectivity index (χ4n) is 4.73. The van der Waals surface area contributed by atoms with Crippen molar-refractivity contribution in [2.45, 2.75) is 72.1 Å². The monoisotopic (exact) mass is 439 g/mol. The van der Waals surface area contributed by atoms with E-state index in [9.17, 15) is 9.59 Å². The van der Waals surface area contributed by atoms with Gasteiger partial charge in [-0.1, -0.05) is 88.6 Å². The van der Waals surface area contributed by atoms with E-state index in [1.807, 2.05) is 31.2 Å². The Balaban J connectivity index is 1.67. The third-order valence-corrected chi connectivity index (χ3v) is 6.85. The van der Waals surface area contributed by atoms with Gasteiger partial charge in [-0.15, -0.1) is 0 Å². The third-order valence-electron chi connectivity index (χ3n) is 6.85. The zero-order valence-corrected chi connectivity index (χ0v) is 20.4. The van der Waals surface area contributed by atoms with Crippen LogP contribution in [-0.2, 0) is 9.59 Å². The molecule has 2 heterocycles. The zero-order valence-electron chi connectivity index (χ0n) is 20.4. The molecule has 0 N–H and O–H groups in total. The van der Waals surface area contributed by atoms with E-state index in [0.29, 0.717) is 17.8 Å². The Labute approximate surface area is 194 Å². The quantitative estimate of drug-likeness (QED) is 0.345. The highest BCUT2D eigenvalue weighted by atomic mass is 16.2. The molecule has 3 rings (SSSR count). The predicted molar refractivity (Wildman–Crippen MR) is 131 cm³/mol. The fourth-order valence-corrected chi connectivity index (χ4v) is 4.73. The molecule has 0 aromatic heterocycles. The first-order chi connectivity index (χ1) is 15.6. The van der Waals surface area contributed by atoms with E-state index in [0.717, 1.165) is 56.7 Å². The van der Waals surface area contributed by atoms with Gasteiger partial charge in [0.25, 0.3) is 11.8 Å². The summed E-state index contributed by atoms with van der Waals surface area (Å²) in [7, 11) is 0. The van der Waals surface area contributed by atoms with Gasteiger partial charge in [0, 0.05) is 32.7 Å². The molecule has 1 fully saturated rings. The van der Waals surface area contributed by atoms with Gasteiger partial charge in [0.05, 0.1) is 5.57 Å².